The molecule has 0 saturated heterocycles. The lowest BCUT2D eigenvalue weighted by Gasteiger charge is -2.25. The van der Waals surface area contributed by atoms with E-state index in [1.807, 2.05) is 0 Å². The zero-order valence-corrected chi connectivity index (χ0v) is 12.8. The Hall–Kier alpha value is -2.56. The number of carboxylic acids is 1. The largest absolute Gasteiger partial charge is 0.479 e. The maximum atomic E-state index is 11.8. The molecule has 2 unspecified atom stereocenters. The molecule has 0 aromatic carbocycles. The number of nitrogens with one attached hydrogen (secondary N) is 2. The van der Waals surface area contributed by atoms with Gasteiger partial charge >= 0.3 is 12.1 Å². The van der Waals surface area contributed by atoms with Crippen molar-refractivity contribution >= 4 is 18.0 Å². The second-order valence-corrected chi connectivity index (χ2v) is 5.25. The van der Waals surface area contributed by atoms with Gasteiger partial charge in [-0.25, -0.2) is 15.1 Å². The zero-order chi connectivity index (χ0) is 18.0. The summed E-state index contributed by atoms with van der Waals surface area (Å²) in [5.41, 5.74) is 9.13. The third-order valence-electron chi connectivity index (χ3n) is 2.04. The van der Waals surface area contributed by atoms with Crippen molar-refractivity contribution in [2.45, 2.75) is 38.5 Å². The first-order valence-corrected chi connectivity index (χ1v) is 6.38. The number of aliphatic hydroxyl groups is 1. The van der Waals surface area contributed by atoms with E-state index in [0.717, 1.165) is 0 Å². The van der Waals surface area contributed by atoms with E-state index >= 15 is 0 Å². The highest BCUT2D eigenvalue weighted by molar-refractivity contribution is 5.85. The van der Waals surface area contributed by atoms with Crippen molar-refractivity contribution in [3.63, 3.8) is 0 Å². The molecule has 2 amide bonds. The number of hydrogen-bond acceptors (Lipinski definition) is 7. The van der Waals surface area contributed by atoms with Gasteiger partial charge in [0.2, 0.25) is 0 Å². The normalized spacial score (nSPS) is 13.2. The Morgan fingerprint density at radius 3 is 2.43 bits per heavy atom. The standard InChI is InChI=1S/C11H19N5O7/c1-11(2,3)23-10(21)14-8(6(17)4-13-16-12)9(20)15-22-5-7(18)19/h6,8,17H,4-5H2,1-3H3,(H,14,21)(H,15,20)(H,18,19). The average Bonchev–Trinajstić information content (AvgIpc) is 2.39. The summed E-state index contributed by atoms with van der Waals surface area (Å²) in [4.78, 5) is 40.6. The van der Waals surface area contributed by atoms with Crippen LogP contribution in [-0.4, -0.2) is 59.1 Å². The van der Waals surface area contributed by atoms with Gasteiger partial charge in [0.05, 0.1) is 12.6 Å². The van der Waals surface area contributed by atoms with Gasteiger partial charge in [-0.3, -0.25) is 9.63 Å². The Bertz CT molecular complexity index is 484. The highest BCUT2D eigenvalue weighted by atomic mass is 16.7. The van der Waals surface area contributed by atoms with E-state index in [2.05, 4.69) is 20.2 Å². The molecule has 0 radical (unpaired) electrons. The molecule has 23 heavy (non-hydrogen) atoms. The van der Waals surface area contributed by atoms with E-state index in [1.54, 1.807) is 26.3 Å². The topological polar surface area (TPSA) is 183 Å². The zero-order valence-electron chi connectivity index (χ0n) is 12.8. The SMILES string of the molecule is CC(C)(C)OC(=O)NC(C(=O)NOCC(=O)O)C(O)CN=[N+]=[N-]. The second-order valence-electron chi connectivity index (χ2n) is 5.25. The number of alkyl carbamates (subject to hydrolysis) is 1. The van der Waals surface area contributed by atoms with Gasteiger partial charge in [-0.05, 0) is 26.3 Å². The minimum absolute atomic E-state index is 0.511. The van der Waals surface area contributed by atoms with Crippen LogP contribution in [0, 0.1) is 0 Å². The molecule has 0 aliphatic carbocycles. The molecule has 0 aromatic heterocycles. The highest BCUT2D eigenvalue weighted by Gasteiger charge is 2.30. The maximum absolute atomic E-state index is 11.8. The van der Waals surface area contributed by atoms with Crippen molar-refractivity contribution in [3.05, 3.63) is 10.4 Å². The van der Waals surface area contributed by atoms with Crippen LogP contribution in [0.3, 0.4) is 0 Å². The van der Waals surface area contributed by atoms with Gasteiger partial charge in [-0.1, -0.05) is 5.11 Å². The predicted molar refractivity (Wildman–Crippen MR) is 74.9 cm³/mol. The fourth-order valence-corrected chi connectivity index (χ4v) is 1.23. The fourth-order valence-electron chi connectivity index (χ4n) is 1.23. The summed E-state index contributed by atoms with van der Waals surface area (Å²) in [5.74, 6) is -2.38. The molecule has 0 fully saturated rings. The van der Waals surface area contributed by atoms with E-state index in [1.165, 1.54) is 0 Å². The van der Waals surface area contributed by atoms with E-state index in [0.29, 0.717) is 0 Å². The Morgan fingerprint density at radius 1 is 1.35 bits per heavy atom. The number of azide groups is 1. The average molecular weight is 333 g/mol. The number of nitrogens with zero attached hydrogens (tertiary/aromatic N) is 3. The number of amides is 2. The lowest BCUT2D eigenvalue weighted by molar-refractivity contribution is -0.150. The smallest absolute Gasteiger partial charge is 0.408 e. The minimum atomic E-state index is -1.58. The van der Waals surface area contributed by atoms with Gasteiger partial charge in [-0.15, -0.1) is 0 Å². The van der Waals surface area contributed by atoms with Crippen molar-refractivity contribution in [1.29, 1.82) is 0 Å². The van der Waals surface area contributed by atoms with Crippen LogP contribution in [0.25, 0.3) is 10.4 Å². The van der Waals surface area contributed by atoms with Gasteiger partial charge in [0.1, 0.15) is 11.6 Å². The first kappa shape index (κ1) is 20.4. The molecule has 0 bridgehead atoms. The van der Waals surface area contributed by atoms with Crippen LogP contribution in [0.15, 0.2) is 5.11 Å². The number of carboxylic acid groups (broad SMARTS) is 1. The molecule has 0 aliphatic heterocycles. The second kappa shape index (κ2) is 9.46. The van der Waals surface area contributed by atoms with Crippen molar-refractivity contribution in [2.75, 3.05) is 13.2 Å². The number of aliphatic carboxylic acids is 1. The highest BCUT2D eigenvalue weighted by Crippen LogP contribution is 2.07. The van der Waals surface area contributed by atoms with Crippen LogP contribution in [0.2, 0.25) is 0 Å². The Balaban J connectivity index is 4.85. The Morgan fingerprint density at radius 2 is 1.96 bits per heavy atom. The number of hydrogen-bond donors (Lipinski definition) is 4. The molecule has 12 nitrogen and oxygen atoms in total. The Kier molecular flexibility index (Phi) is 8.40. The number of rotatable bonds is 8. The van der Waals surface area contributed by atoms with Crippen LogP contribution < -0.4 is 10.8 Å². The summed E-state index contributed by atoms with van der Waals surface area (Å²) in [7, 11) is 0. The molecule has 0 heterocycles. The molecule has 0 rings (SSSR count). The molecule has 130 valence electrons. The lowest BCUT2D eigenvalue weighted by atomic mass is 10.1. The van der Waals surface area contributed by atoms with Gasteiger partial charge in [0.15, 0.2) is 6.61 Å². The molecule has 0 aliphatic rings. The van der Waals surface area contributed by atoms with Gasteiger partial charge in [0, 0.05) is 4.91 Å². The monoisotopic (exact) mass is 333 g/mol. The van der Waals surface area contributed by atoms with Crippen LogP contribution in [0.1, 0.15) is 20.8 Å². The summed E-state index contributed by atoms with van der Waals surface area (Å²) < 4.78 is 4.94. The predicted octanol–water partition coefficient (Wildman–Crippen LogP) is -0.317. The summed E-state index contributed by atoms with van der Waals surface area (Å²) >= 11 is 0. The maximum Gasteiger partial charge on any atom is 0.408 e. The van der Waals surface area contributed by atoms with Gasteiger partial charge < -0.3 is 20.3 Å². The van der Waals surface area contributed by atoms with E-state index in [4.69, 9.17) is 15.4 Å². The lowest BCUT2D eigenvalue weighted by Crippen LogP contribution is -2.55. The third kappa shape index (κ3) is 9.90. The van der Waals surface area contributed by atoms with Gasteiger partial charge in [0.25, 0.3) is 5.91 Å². The number of ether oxygens (including phenoxy) is 1. The van der Waals surface area contributed by atoms with Crippen molar-refractivity contribution in [1.82, 2.24) is 10.8 Å². The Labute approximate surface area is 131 Å². The van der Waals surface area contributed by atoms with Crippen LogP contribution in [-0.2, 0) is 19.2 Å². The molecule has 2 atom stereocenters. The third-order valence-corrected chi connectivity index (χ3v) is 2.04. The molecule has 4 N–H and O–H groups in total. The van der Waals surface area contributed by atoms with Crippen LogP contribution >= 0.6 is 0 Å². The molecule has 0 spiro atoms. The van der Waals surface area contributed by atoms with E-state index in [-0.39, 0.29) is 0 Å². The number of hydroxylamine groups is 1. The number of carbonyl (C=O) groups excluding carboxylic acids is 2. The minimum Gasteiger partial charge on any atom is -0.479 e. The van der Waals surface area contributed by atoms with Crippen molar-refractivity contribution < 1.29 is 34.2 Å². The van der Waals surface area contributed by atoms with Crippen molar-refractivity contribution in [2.24, 2.45) is 5.11 Å². The molecule has 0 aromatic rings. The van der Waals surface area contributed by atoms with Gasteiger partial charge in [-0.2, -0.15) is 0 Å². The summed E-state index contributed by atoms with van der Waals surface area (Å²) in [6, 6.07) is -1.58. The summed E-state index contributed by atoms with van der Waals surface area (Å²) in [5, 5.41) is 23.4. The fraction of sp³-hybridized carbons (Fsp3) is 0.727. The molecule has 12 heteroatoms. The van der Waals surface area contributed by atoms with Crippen LogP contribution in [0.5, 0.6) is 0 Å². The molecular formula is C11H19N5O7. The quantitative estimate of drug-likeness (QED) is 0.203. The van der Waals surface area contributed by atoms with Crippen molar-refractivity contribution in [3.8, 4) is 0 Å². The molecular weight excluding hydrogens is 314 g/mol. The summed E-state index contributed by atoms with van der Waals surface area (Å²) in [6.45, 7) is 3.44. The first-order valence-electron chi connectivity index (χ1n) is 6.38. The number of aliphatic hydroxyl groups excluding tert-OH is 1. The van der Waals surface area contributed by atoms with E-state index < -0.39 is 48.9 Å². The summed E-state index contributed by atoms with van der Waals surface area (Å²) in [6.07, 6.45) is -2.58. The molecule has 0 saturated carbocycles. The number of carbonyl (C=O) groups is 3. The van der Waals surface area contributed by atoms with E-state index in [9.17, 15) is 19.5 Å². The first-order chi connectivity index (χ1) is 10.6. The van der Waals surface area contributed by atoms with Crippen LogP contribution in [0.4, 0.5) is 4.79 Å².